The second-order valence-corrected chi connectivity index (χ2v) is 4.85. The average Bonchev–Trinajstić information content (AvgIpc) is 2.37. The predicted molar refractivity (Wildman–Crippen MR) is 71.0 cm³/mol. The molecule has 0 bridgehead atoms. The molecule has 0 fully saturated rings. The van der Waals surface area contributed by atoms with Crippen molar-refractivity contribution in [3.05, 3.63) is 59.2 Å². The fourth-order valence-electron chi connectivity index (χ4n) is 2.54. The maximum Gasteiger partial charge on any atom is 0.124 e. The van der Waals surface area contributed by atoms with Gasteiger partial charge in [0.15, 0.2) is 0 Å². The highest BCUT2D eigenvalue weighted by Gasteiger charge is 2.21. The van der Waals surface area contributed by atoms with E-state index in [9.17, 15) is 5.11 Å². The molecule has 0 aliphatic carbocycles. The zero-order chi connectivity index (χ0) is 12.5. The Hall–Kier alpha value is -1.96. The van der Waals surface area contributed by atoms with Gasteiger partial charge in [-0.1, -0.05) is 24.3 Å². The van der Waals surface area contributed by atoms with Crippen molar-refractivity contribution in [1.29, 1.82) is 0 Å². The molecule has 92 valence electrons. The maximum atomic E-state index is 9.66. The minimum atomic E-state index is 0.0469. The summed E-state index contributed by atoms with van der Waals surface area (Å²) in [6.07, 6.45) is 2.03. The second-order valence-electron chi connectivity index (χ2n) is 4.85. The van der Waals surface area contributed by atoms with Crippen molar-refractivity contribution in [2.75, 3.05) is 0 Å². The molecular formula is C16H16O2. The van der Waals surface area contributed by atoms with E-state index in [2.05, 4.69) is 12.1 Å². The molecule has 1 aliphatic heterocycles. The van der Waals surface area contributed by atoms with Gasteiger partial charge in [-0.3, -0.25) is 0 Å². The summed E-state index contributed by atoms with van der Waals surface area (Å²) in [5.41, 5.74) is 3.39. The summed E-state index contributed by atoms with van der Waals surface area (Å²) in [5, 5.41) is 9.66. The Balaban J connectivity index is 1.91. The number of para-hydroxylation sites is 1. The smallest absolute Gasteiger partial charge is 0.124 e. The Morgan fingerprint density at radius 1 is 1.17 bits per heavy atom. The van der Waals surface area contributed by atoms with Crippen LogP contribution in [0.3, 0.4) is 0 Å². The van der Waals surface area contributed by atoms with Crippen LogP contribution in [0.2, 0.25) is 0 Å². The van der Waals surface area contributed by atoms with Gasteiger partial charge in [-0.05, 0) is 54.7 Å². The van der Waals surface area contributed by atoms with Crippen LogP contribution < -0.4 is 4.74 Å². The molecule has 2 aromatic carbocycles. The zero-order valence-corrected chi connectivity index (χ0v) is 10.4. The number of fused-ring (bicyclic) bond motifs is 1. The van der Waals surface area contributed by atoms with Crippen LogP contribution in [0.25, 0.3) is 0 Å². The van der Waals surface area contributed by atoms with E-state index in [0.717, 1.165) is 29.7 Å². The summed E-state index contributed by atoms with van der Waals surface area (Å²) in [7, 11) is 0. The molecular weight excluding hydrogens is 224 g/mol. The molecule has 2 heteroatoms. The maximum absolute atomic E-state index is 9.66. The highest BCUT2D eigenvalue weighted by Crippen LogP contribution is 2.35. The number of phenols is 1. The predicted octanol–water partition coefficient (Wildman–Crippen LogP) is 3.77. The molecule has 1 atom stereocenters. The standard InChI is InChI=1S/C16H16O2/c1-11-8-13(10-14(17)9-11)16-7-6-12-4-2-3-5-15(12)18-16/h2-5,8-10,16-17H,6-7H2,1H3. The van der Waals surface area contributed by atoms with Gasteiger partial charge in [0.2, 0.25) is 0 Å². The third-order valence-corrected chi connectivity index (χ3v) is 3.37. The van der Waals surface area contributed by atoms with Crippen LogP contribution in [0, 0.1) is 6.92 Å². The Bertz CT molecular complexity index is 555. The third-order valence-electron chi connectivity index (χ3n) is 3.37. The van der Waals surface area contributed by atoms with Crippen molar-refractivity contribution >= 4 is 0 Å². The molecule has 0 aromatic heterocycles. The summed E-state index contributed by atoms with van der Waals surface area (Å²) in [4.78, 5) is 0. The van der Waals surface area contributed by atoms with Crippen molar-refractivity contribution in [2.24, 2.45) is 0 Å². The van der Waals surface area contributed by atoms with E-state index in [1.54, 1.807) is 12.1 Å². The zero-order valence-electron chi connectivity index (χ0n) is 10.4. The lowest BCUT2D eigenvalue weighted by Crippen LogP contribution is -2.15. The van der Waals surface area contributed by atoms with E-state index in [4.69, 9.17) is 4.74 Å². The second kappa shape index (κ2) is 4.37. The van der Waals surface area contributed by atoms with Gasteiger partial charge in [-0.15, -0.1) is 0 Å². The van der Waals surface area contributed by atoms with Crippen molar-refractivity contribution in [2.45, 2.75) is 25.9 Å². The SMILES string of the molecule is Cc1cc(O)cc(C2CCc3ccccc3O2)c1. The molecule has 1 heterocycles. The lowest BCUT2D eigenvalue weighted by molar-refractivity contribution is 0.176. The average molecular weight is 240 g/mol. The molecule has 0 spiro atoms. The number of rotatable bonds is 1. The van der Waals surface area contributed by atoms with E-state index in [1.807, 2.05) is 25.1 Å². The summed E-state index contributed by atoms with van der Waals surface area (Å²) in [6, 6.07) is 13.8. The van der Waals surface area contributed by atoms with Crippen LogP contribution in [0.1, 0.15) is 29.2 Å². The number of aryl methyl sites for hydroxylation is 2. The number of aromatic hydroxyl groups is 1. The first-order chi connectivity index (χ1) is 8.72. The van der Waals surface area contributed by atoms with Gasteiger partial charge >= 0.3 is 0 Å². The first-order valence-electron chi connectivity index (χ1n) is 6.27. The molecule has 0 saturated heterocycles. The number of hydrogen-bond donors (Lipinski definition) is 1. The lowest BCUT2D eigenvalue weighted by atomic mass is 9.96. The first-order valence-corrected chi connectivity index (χ1v) is 6.27. The van der Waals surface area contributed by atoms with Crippen LogP contribution in [0.5, 0.6) is 11.5 Å². The van der Waals surface area contributed by atoms with Gasteiger partial charge in [0, 0.05) is 0 Å². The fraction of sp³-hybridized carbons (Fsp3) is 0.250. The highest BCUT2D eigenvalue weighted by atomic mass is 16.5. The van der Waals surface area contributed by atoms with Gasteiger partial charge < -0.3 is 9.84 Å². The van der Waals surface area contributed by atoms with Crippen LogP contribution >= 0.6 is 0 Å². The molecule has 2 aromatic rings. The lowest BCUT2D eigenvalue weighted by Gasteiger charge is -2.26. The minimum Gasteiger partial charge on any atom is -0.508 e. The topological polar surface area (TPSA) is 29.5 Å². The molecule has 1 aliphatic rings. The summed E-state index contributed by atoms with van der Waals surface area (Å²) >= 11 is 0. The van der Waals surface area contributed by atoms with Gasteiger partial charge in [-0.2, -0.15) is 0 Å². The van der Waals surface area contributed by atoms with Crippen LogP contribution in [-0.4, -0.2) is 5.11 Å². The van der Waals surface area contributed by atoms with Gasteiger partial charge in [0.05, 0.1) is 0 Å². The van der Waals surface area contributed by atoms with Crippen molar-refractivity contribution in [1.82, 2.24) is 0 Å². The quantitative estimate of drug-likeness (QED) is 0.822. The van der Waals surface area contributed by atoms with Crippen LogP contribution in [-0.2, 0) is 6.42 Å². The largest absolute Gasteiger partial charge is 0.508 e. The van der Waals surface area contributed by atoms with Gasteiger partial charge in [0.1, 0.15) is 17.6 Å². The Kier molecular flexibility index (Phi) is 2.71. The number of hydrogen-bond acceptors (Lipinski definition) is 2. The highest BCUT2D eigenvalue weighted by molar-refractivity contribution is 5.39. The van der Waals surface area contributed by atoms with E-state index in [1.165, 1.54) is 5.56 Å². The van der Waals surface area contributed by atoms with Gasteiger partial charge in [-0.25, -0.2) is 0 Å². The van der Waals surface area contributed by atoms with Gasteiger partial charge in [0.25, 0.3) is 0 Å². The minimum absolute atomic E-state index is 0.0469. The molecule has 18 heavy (non-hydrogen) atoms. The fourth-order valence-corrected chi connectivity index (χ4v) is 2.54. The molecule has 3 rings (SSSR count). The van der Waals surface area contributed by atoms with Crippen molar-refractivity contribution in [3.8, 4) is 11.5 Å². The number of phenolic OH excluding ortho intramolecular Hbond substituents is 1. The van der Waals surface area contributed by atoms with Crippen molar-refractivity contribution in [3.63, 3.8) is 0 Å². The van der Waals surface area contributed by atoms with Crippen molar-refractivity contribution < 1.29 is 9.84 Å². The monoisotopic (exact) mass is 240 g/mol. The normalized spacial score (nSPS) is 17.9. The Labute approximate surface area is 107 Å². The summed E-state index contributed by atoms with van der Waals surface area (Å²) in [5.74, 6) is 1.28. The Morgan fingerprint density at radius 2 is 2.00 bits per heavy atom. The third kappa shape index (κ3) is 2.06. The Morgan fingerprint density at radius 3 is 2.83 bits per heavy atom. The first kappa shape index (κ1) is 11.1. The molecule has 0 amide bonds. The molecule has 0 saturated carbocycles. The van der Waals surface area contributed by atoms with E-state index in [0.29, 0.717) is 5.75 Å². The number of benzene rings is 2. The van der Waals surface area contributed by atoms with Crippen LogP contribution in [0.15, 0.2) is 42.5 Å². The summed E-state index contributed by atoms with van der Waals surface area (Å²) < 4.78 is 6.02. The molecule has 0 radical (unpaired) electrons. The van der Waals surface area contributed by atoms with E-state index in [-0.39, 0.29) is 6.10 Å². The number of ether oxygens (including phenoxy) is 1. The van der Waals surface area contributed by atoms with E-state index >= 15 is 0 Å². The molecule has 2 nitrogen and oxygen atoms in total. The molecule has 1 unspecified atom stereocenters. The summed E-state index contributed by atoms with van der Waals surface area (Å²) in [6.45, 7) is 1.99. The molecule has 1 N–H and O–H groups in total. The van der Waals surface area contributed by atoms with E-state index < -0.39 is 0 Å². The van der Waals surface area contributed by atoms with Crippen LogP contribution in [0.4, 0.5) is 0 Å².